The van der Waals surface area contributed by atoms with Crippen molar-refractivity contribution < 1.29 is 14.3 Å². The fraction of sp³-hybridized carbons (Fsp3) is 0.300. The van der Waals surface area contributed by atoms with E-state index in [1.807, 2.05) is 13.8 Å². The summed E-state index contributed by atoms with van der Waals surface area (Å²) in [6.07, 6.45) is 0. The molecule has 2 rings (SSSR count). The van der Waals surface area contributed by atoms with E-state index in [0.717, 1.165) is 9.35 Å². The summed E-state index contributed by atoms with van der Waals surface area (Å²) in [5.41, 5.74) is 0. The lowest BCUT2D eigenvalue weighted by Gasteiger charge is -2.04. The van der Waals surface area contributed by atoms with Gasteiger partial charge in [-0.1, -0.05) is 23.1 Å². The highest BCUT2D eigenvalue weighted by Gasteiger charge is 2.16. The van der Waals surface area contributed by atoms with Gasteiger partial charge < -0.3 is 9.52 Å². The average Bonchev–Trinajstić information content (AvgIpc) is 2.86. The minimum atomic E-state index is -1.06. The minimum Gasteiger partial charge on any atom is -0.475 e. The van der Waals surface area contributed by atoms with Crippen LogP contribution in [0.2, 0.25) is 0 Å². The van der Waals surface area contributed by atoms with Gasteiger partial charge in [-0.3, -0.25) is 0 Å². The molecule has 1 atom stereocenters. The molecule has 0 saturated carbocycles. The lowest BCUT2D eigenvalue weighted by atomic mass is 10.3. The van der Waals surface area contributed by atoms with E-state index >= 15 is 0 Å². The van der Waals surface area contributed by atoms with Crippen LogP contribution in [0.15, 0.2) is 20.9 Å². The van der Waals surface area contributed by atoms with Crippen LogP contribution >= 0.6 is 23.1 Å². The average molecular weight is 270 g/mol. The summed E-state index contributed by atoms with van der Waals surface area (Å²) in [6, 6.07) is 3.13. The van der Waals surface area contributed by atoms with Gasteiger partial charge in [-0.25, -0.2) is 4.79 Å². The van der Waals surface area contributed by atoms with Gasteiger partial charge in [0, 0.05) is 0 Å². The number of hydrogen-bond acceptors (Lipinski definition) is 6. The van der Waals surface area contributed by atoms with Crippen molar-refractivity contribution in [2.45, 2.75) is 23.4 Å². The maximum Gasteiger partial charge on any atom is 0.371 e. The molecule has 0 aliphatic heterocycles. The highest BCUT2D eigenvalue weighted by Crippen LogP contribution is 2.36. The largest absolute Gasteiger partial charge is 0.475 e. The molecule has 2 aromatic rings. The Bertz CT molecular complexity index is 535. The molecule has 2 aromatic heterocycles. The van der Waals surface area contributed by atoms with Gasteiger partial charge in [0.05, 0.1) is 5.25 Å². The lowest BCUT2D eigenvalue weighted by molar-refractivity contribution is 0.0660. The molecule has 5 nitrogen and oxygen atoms in total. The predicted octanol–water partition coefficient (Wildman–Crippen LogP) is 2.99. The second kappa shape index (κ2) is 4.89. The summed E-state index contributed by atoms with van der Waals surface area (Å²) < 4.78 is 6.07. The van der Waals surface area contributed by atoms with Gasteiger partial charge in [0.1, 0.15) is 10.8 Å². The maximum atomic E-state index is 10.7. The van der Waals surface area contributed by atoms with Crippen LogP contribution in [0.25, 0.3) is 0 Å². The second-order valence-corrected chi connectivity index (χ2v) is 6.12. The Labute approximate surface area is 106 Å². The third kappa shape index (κ3) is 2.86. The normalized spacial score (nSPS) is 12.6. The zero-order chi connectivity index (χ0) is 12.4. The summed E-state index contributed by atoms with van der Waals surface area (Å²) in [6.45, 7) is 3.83. The fourth-order valence-corrected chi connectivity index (χ4v) is 3.26. The number of aromatic nitrogens is 2. The van der Waals surface area contributed by atoms with Gasteiger partial charge in [0.25, 0.3) is 0 Å². The molecule has 1 unspecified atom stereocenters. The van der Waals surface area contributed by atoms with Crippen LogP contribution < -0.4 is 0 Å². The van der Waals surface area contributed by atoms with Crippen LogP contribution in [0.1, 0.15) is 33.5 Å². The molecular weight excluding hydrogens is 260 g/mol. The van der Waals surface area contributed by atoms with Crippen molar-refractivity contribution in [3.63, 3.8) is 0 Å². The monoisotopic (exact) mass is 270 g/mol. The number of nitrogens with zero attached hydrogens (tertiary/aromatic N) is 2. The molecule has 0 aliphatic rings. The first-order chi connectivity index (χ1) is 8.06. The van der Waals surface area contributed by atoms with Crippen molar-refractivity contribution in [3.05, 3.63) is 28.7 Å². The smallest absolute Gasteiger partial charge is 0.371 e. The predicted molar refractivity (Wildman–Crippen MR) is 64.6 cm³/mol. The van der Waals surface area contributed by atoms with Crippen molar-refractivity contribution in [2.24, 2.45) is 0 Å². The van der Waals surface area contributed by atoms with Gasteiger partial charge >= 0.3 is 5.97 Å². The van der Waals surface area contributed by atoms with Crippen molar-refractivity contribution in [3.8, 4) is 0 Å². The van der Waals surface area contributed by atoms with Gasteiger partial charge in [-0.15, -0.1) is 10.2 Å². The van der Waals surface area contributed by atoms with Crippen molar-refractivity contribution in [1.82, 2.24) is 10.2 Å². The molecule has 7 heteroatoms. The quantitative estimate of drug-likeness (QED) is 0.861. The summed E-state index contributed by atoms with van der Waals surface area (Å²) in [4.78, 5) is 10.7. The molecule has 0 fully saturated rings. The topological polar surface area (TPSA) is 76.2 Å². The number of carboxylic acid groups (broad SMARTS) is 1. The highest BCUT2D eigenvalue weighted by molar-refractivity contribution is 8.01. The standard InChI is InChI=1S/C10H10N2O3S2/c1-5(16-10-12-11-6(2)17-10)7-3-4-8(15-7)9(13)14/h3-5H,1-2H3,(H,13,14). The van der Waals surface area contributed by atoms with Gasteiger partial charge in [0.2, 0.25) is 5.76 Å². The zero-order valence-electron chi connectivity index (χ0n) is 9.21. The number of aryl methyl sites for hydroxylation is 1. The Hall–Kier alpha value is -1.34. The molecule has 17 heavy (non-hydrogen) atoms. The number of hydrogen-bond donors (Lipinski definition) is 1. The van der Waals surface area contributed by atoms with Crippen LogP contribution in [-0.2, 0) is 0 Å². The molecule has 1 N–H and O–H groups in total. The van der Waals surface area contributed by atoms with Crippen LogP contribution in [0.5, 0.6) is 0 Å². The Kier molecular flexibility index (Phi) is 3.49. The van der Waals surface area contributed by atoms with Crippen LogP contribution in [0, 0.1) is 6.92 Å². The highest BCUT2D eigenvalue weighted by atomic mass is 32.2. The molecule has 90 valence electrons. The lowest BCUT2D eigenvalue weighted by Crippen LogP contribution is -1.92. The number of carbonyl (C=O) groups is 1. The van der Waals surface area contributed by atoms with E-state index in [-0.39, 0.29) is 11.0 Å². The summed E-state index contributed by atoms with van der Waals surface area (Å²) in [7, 11) is 0. The van der Waals surface area contributed by atoms with E-state index in [9.17, 15) is 4.79 Å². The Morgan fingerprint density at radius 3 is 2.82 bits per heavy atom. The first-order valence-electron chi connectivity index (χ1n) is 4.86. The van der Waals surface area contributed by atoms with Gasteiger partial charge in [0.15, 0.2) is 4.34 Å². The van der Waals surface area contributed by atoms with Crippen molar-refractivity contribution in [2.75, 3.05) is 0 Å². The molecule has 0 radical (unpaired) electrons. The van der Waals surface area contributed by atoms with E-state index in [4.69, 9.17) is 9.52 Å². The summed E-state index contributed by atoms with van der Waals surface area (Å²) in [5.74, 6) is -0.471. The SMILES string of the molecule is Cc1nnc(SC(C)c2ccc(C(=O)O)o2)s1. The molecule has 0 saturated heterocycles. The van der Waals surface area contributed by atoms with Crippen LogP contribution in [-0.4, -0.2) is 21.3 Å². The molecule has 2 heterocycles. The van der Waals surface area contributed by atoms with E-state index in [0.29, 0.717) is 5.76 Å². The number of thioether (sulfide) groups is 1. The van der Waals surface area contributed by atoms with Crippen LogP contribution in [0.4, 0.5) is 0 Å². The summed E-state index contributed by atoms with van der Waals surface area (Å²) >= 11 is 3.01. The molecule has 0 aliphatic carbocycles. The number of furan rings is 1. The Balaban J connectivity index is 2.08. The number of carboxylic acids is 1. The third-order valence-corrected chi connectivity index (χ3v) is 4.06. The Morgan fingerprint density at radius 2 is 2.29 bits per heavy atom. The van der Waals surface area contributed by atoms with E-state index in [1.54, 1.807) is 6.07 Å². The second-order valence-electron chi connectivity index (χ2n) is 3.35. The van der Waals surface area contributed by atoms with Gasteiger partial charge in [-0.2, -0.15) is 0 Å². The van der Waals surface area contributed by atoms with Crippen molar-refractivity contribution in [1.29, 1.82) is 0 Å². The summed E-state index contributed by atoms with van der Waals surface area (Å²) in [5, 5.41) is 17.6. The Morgan fingerprint density at radius 1 is 1.53 bits per heavy atom. The van der Waals surface area contributed by atoms with Crippen LogP contribution in [0.3, 0.4) is 0 Å². The maximum absolute atomic E-state index is 10.7. The van der Waals surface area contributed by atoms with Gasteiger partial charge in [-0.05, 0) is 26.0 Å². The number of aromatic carboxylic acids is 1. The van der Waals surface area contributed by atoms with Crippen molar-refractivity contribution >= 4 is 29.1 Å². The first-order valence-corrected chi connectivity index (χ1v) is 6.55. The molecule has 0 aromatic carbocycles. The van der Waals surface area contributed by atoms with E-state index in [2.05, 4.69) is 10.2 Å². The molecule has 0 bridgehead atoms. The molecule has 0 spiro atoms. The van der Waals surface area contributed by atoms with E-state index < -0.39 is 5.97 Å². The zero-order valence-corrected chi connectivity index (χ0v) is 10.8. The molecular formula is C10H10N2O3S2. The molecule has 0 amide bonds. The third-order valence-electron chi connectivity index (χ3n) is 2.02. The first kappa shape index (κ1) is 12.1. The fourth-order valence-electron chi connectivity index (χ4n) is 1.22. The minimum absolute atomic E-state index is 0.00968. The van der Waals surface area contributed by atoms with E-state index in [1.165, 1.54) is 29.2 Å². The number of rotatable bonds is 4.